The number of pyridine rings is 1. The molecule has 0 unspecified atom stereocenters. The number of esters is 1. The fourth-order valence-electron chi connectivity index (χ4n) is 4.19. The number of fused-ring (bicyclic) bond motifs is 3. The number of rotatable bonds is 4. The Balaban J connectivity index is 1.51. The van der Waals surface area contributed by atoms with E-state index in [0.717, 1.165) is 61.1 Å². The largest absolute Gasteiger partial charge is 0.468 e. The maximum absolute atomic E-state index is 11.6. The van der Waals surface area contributed by atoms with Crippen molar-refractivity contribution < 1.29 is 9.53 Å². The van der Waals surface area contributed by atoms with Crippen molar-refractivity contribution in [2.75, 3.05) is 44.7 Å². The Kier molecular flexibility index (Phi) is 4.89. The van der Waals surface area contributed by atoms with Crippen molar-refractivity contribution in [3.8, 4) is 11.4 Å². The van der Waals surface area contributed by atoms with E-state index >= 15 is 0 Å². The Morgan fingerprint density at radius 1 is 1.21 bits per heavy atom. The number of thiophene rings is 1. The normalized spacial score (nSPS) is 16.9. The minimum absolute atomic E-state index is 0.183. The summed E-state index contributed by atoms with van der Waals surface area (Å²) in [6.07, 6.45) is 7.06. The molecule has 150 valence electrons. The number of anilines is 1. The quantitative estimate of drug-likeness (QED) is 0.613. The first-order valence-electron chi connectivity index (χ1n) is 9.99. The van der Waals surface area contributed by atoms with Crippen molar-refractivity contribution in [2.24, 2.45) is 0 Å². The van der Waals surface area contributed by atoms with Crippen LogP contribution in [0.5, 0.6) is 0 Å². The first-order valence-corrected chi connectivity index (χ1v) is 10.8. The average Bonchev–Trinajstić information content (AvgIpc) is 3.35. The maximum Gasteiger partial charge on any atom is 0.319 e. The second kappa shape index (κ2) is 7.68. The van der Waals surface area contributed by atoms with Gasteiger partial charge in [0.05, 0.1) is 19.0 Å². The van der Waals surface area contributed by atoms with Gasteiger partial charge in [-0.2, -0.15) is 0 Å². The minimum atomic E-state index is -0.183. The third-order valence-corrected chi connectivity index (χ3v) is 6.90. The van der Waals surface area contributed by atoms with E-state index in [1.165, 1.54) is 29.4 Å². The number of ether oxygens (including phenoxy) is 1. The Morgan fingerprint density at radius 3 is 2.83 bits per heavy atom. The van der Waals surface area contributed by atoms with Crippen molar-refractivity contribution in [3.05, 3.63) is 35.0 Å². The highest BCUT2D eigenvalue weighted by Gasteiger charge is 2.27. The zero-order valence-corrected chi connectivity index (χ0v) is 17.2. The van der Waals surface area contributed by atoms with E-state index in [-0.39, 0.29) is 5.97 Å². The van der Waals surface area contributed by atoms with Crippen LogP contribution in [-0.2, 0) is 22.4 Å². The lowest BCUT2D eigenvalue weighted by Gasteiger charge is -2.35. The molecule has 29 heavy (non-hydrogen) atoms. The smallest absolute Gasteiger partial charge is 0.319 e. The zero-order chi connectivity index (χ0) is 19.8. The van der Waals surface area contributed by atoms with Crippen LogP contribution in [0.1, 0.15) is 16.9 Å². The first-order chi connectivity index (χ1) is 14.2. The van der Waals surface area contributed by atoms with Crippen LogP contribution in [0.4, 0.5) is 5.82 Å². The molecule has 0 N–H and O–H groups in total. The van der Waals surface area contributed by atoms with Gasteiger partial charge in [0.15, 0.2) is 5.82 Å². The van der Waals surface area contributed by atoms with E-state index in [2.05, 4.69) is 14.8 Å². The van der Waals surface area contributed by atoms with Crippen LogP contribution >= 0.6 is 11.3 Å². The maximum atomic E-state index is 11.6. The molecule has 0 amide bonds. The Bertz CT molecular complexity index is 1040. The van der Waals surface area contributed by atoms with E-state index < -0.39 is 0 Å². The van der Waals surface area contributed by atoms with E-state index in [1.54, 1.807) is 6.20 Å². The molecular weight excluding hydrogens is 386 g/mol. The number of piperazine rings is 1. The number of aromatic nitrogens is 3. The summed E-state index contributed by atoms with van der Waals surface area (Å²) < 4.78 is 4.81. The van der Waals surface area contributed by atoms with E-state index in [9.17, 15) is 4.79 Å². The highest BCUT2D eigenvalue weighted by atomic mass is 32.1. The molecule has 3 aromatic heterocycles. The summed E-state index contributed by atoms with van der Waals surface area (Å²) in [6.45, 7) is 3.64. The molecule has 0 aromatic carbocycles. The summed E-state index contributed by atoms with van der Waals surface area (Å²) in [7, 11) is 1.44. The minimum Gasteiger partial charge on any atom is -0.468 e. The van der Waals surface area contributed by atoms with Crippen molar-refractivity contribution in [1.29, 1.82) is 0 Å². The molecule has 1 aliphatic heterocycles. The number of hydrogen-bond acceptors (Lipinski definition) is 8. The standard InChI is InChI=1S/C21H23N5O2S/c1-28-17(27)13-25-8-10-26(11-9-25)20-18-15-5-2-6-16(15)29-21(18)24-19(23-20)14-4-3-7-22-12-14/h3-4,7,12H,2,5-6,8-11,13H2,1H3. The number of methoxy groups -OCH3 is 1. The molecule has 0 radical (unpaired) electrons. The van der Waals surface area contributed by atoms with Gasteiger partial charge in [-0.1, -0.05) is 0 Å². The monoisotopic (exact) mass is 409 g/mol. The number of hydrogen-bond donors (Lipinski definition) is 0. The first kappa shape index (κ1) is 18.4. The summed E-state index contributed by atoms with van der Waals surface area (Å²) in [5.74, 6) is 1.58. The molecule has 0 atom stereocenters. The van der Waals surface area contributed by atoms with E-state index in [1.807, 2.05) is 29.7 Å². The molecule has 2 aliphatic rings. The highest BCUT2D eigenvalue weighted by Crippen LogP contribution is 2.41. The van der Waals surface area contributed by atoms with E-state index in [4.69, 9.17) is 14.7 Å². The number of aryl methyl sites for hydroxylation is 2. The van der Waals surface area contributed by atoms with Crippen LogP contribution in [0, 0.1) is 0 Å². The summed E-state index contributed by atoms with van der Waals surface area (Å²) in [4.78, 5) is 32.8. The Hall–Kier alpha value is -2.58. The number of nitrogens with zero attached hydrogens (tertiary/aromatic N) is 5. The van der Waals surface area contributed by atoms with Gasteiger partial charge in [0.25, 0.3) is 0 Å². The molecule has 0 spiro atoms. The lowest BCUT2D eigenvalue weighted by Crippen LogP contribution is -2.48. The second-order valence-electron chi connectivity index (χ2n) is 7.49. The fraction of sp³-hybridized carbons (Fsp3) is 0.429. The van der Waals surface area contributed by atoms with Gasteiger partial charge in [-0.3, -0.25) is 14.7 Å². The second-order valence-corrected chi connectivity index (χ2v) is 8.57. The van der Waals surface area contributed by atoms with Gasteiger partial charge >= 0.3 is 5.97 Å². The molecule has 1 saturated heterocycles. The fourth-order valence-corrected chi connectivity index (χ4v) is 5.45. The van der Waals surface area contributed by atoms with Gasteiger partial charge in [0.2, 0.25) is 0 Å². The molecule has 4 heterocycles. The third-order valence-electron chi connectivity index (χ3n) is 5.72. The summed E-state index contributed by atoms with van der Waals surface area (Å²) in [5.41, 5.74) is 2.38. The predicted octanol–water partition coefficient (Wildman–Crippen LogP) is 2.54. The molecule has 1 aliphatic carbocycles. The predicted molar refractivity (Wildman–Crippen MR) is 113 cm³/mol. The summed E-state index contributed by atoms with van der Waals surface area (Å²) >= 11 is 1.82. The third kappa shape index (κ3) is 3.47. The van der Waals surface area contributed by atoms with Crippen LogP contribution in [0.15, 0.2) is 24.5 Å². The van der Waals surface area contributed by atoms with Gasteiger partial charge in [0.1, 0.15) is 10.6 Å². The Labute approximate surface area is 173 Å². The molecule has 5 rings (SSSR count). The van der Waals surface area contributed by atoms with Gasteiger partial charge in [-0.05, 0) is 37.0 Å². The SMILES string of the molecule is COC(=O)CN1CCN(c2nc(-c3cccnc3)nc3sc4c(c23)CCC4)CC1. The Morgan fingerprint density at radius 2 is 2.07 bits per heavy atom. The van der Waals surface area contributed by atoms with Gasteiger partial charge in [-0.25, -0.2) is 9.97 Å². The summed E-state index contributed by atoms with van der Waals surface area (Å²) in [5, 5.41) is 1.23. The number of carbonyl (C=O) groups is 1. The molecule has 1 fully saturated rings. The van der Waals surface area contributed by atoms with Crippen LogP contribution in [-0.4, -0.2) is 65.7 Å². The van der Waals surface area contributed by atoms with Crippen molar-refractivity contribution in [3.63, 3.8) is 0 Å². The van der Waals surface area contributed by atoms with Gasteiger partial charge in [-0.15, -0.1) is 11.3 Å². The molecular formula is C21H23N5O2S. The van der Waals surface area contributed by atoms with Crippen LogP contribution in [0.25, 0.3) is 21.6 Å². The molecule has 7 nitrogen and oxygen atoms in total. The average molecular weight is 410 g/mol. The topological polar surface area (TPSA) is 71.5 Å². The van der Waals surface area contributed by atoms with Crippen LogP contribution in [0.3, 0.4) is 0 Å². The van der Waals surface area contributed by atoms with Crippen molar-refractivity contribution in [2.45, 2.75) is 19.3 Å². The number of carbonyl (C=O) groups excluding carboxylic acids is 1. The lowest BCUT2D eigenvalue weighted by molar-refractivity contribution is -0.142. The molecule has 3 aromatic rings. The molecule has 0 bridgehead atoms. The van der Waals surface area contributed by atoms with Crippen LogP contribution in [0.2, 0.25) is 0 Å². The van der Waals surface area contributed by atoms with Crippen molar-refractivity contribution in [1.82, 2.24) is 19.9 Å². The van der Waals surface area contributed by atoms with Gasteiger partial charge in [0, 0.05) is 49.0 Å². The summed E-state index contributed by atoms with van der Waals surface area (Å²) in [6, 6.07) is 3.93. The van der Waals surface area contributed by atoms with Gasteiger partial charge < -0.3 is 9.64 Å². The van der Waals surface area contributed by atoms with Crippen molar-refractivity contribution >= 4 is 33.3 Å². The highest BCUT2D eigenvalue weighted by molar-refractivity contribution is 7.19. The zero-order valence-electron chi connectivity index (χ0n) is 16.4. The van der Waals surface area contributed by atoms with Crippen LogP contribution < -0.4 is 4.90 Å². The molecule has 0 saturated carbocycles. The lowest BCUT2D eigenvalue weighted by atomic mass is 10.1. The molecule has 8 heteroatoms. The van der Waals surface area contributed by atoms with E-state index in [0.29, 0.717) is 6.54 Å².